The third-order valence-electron chi connectivity index (χ3n) is 5.06. The molecule has 3 heterocycles. The van der Waals surface area contributed by atoms with Gasteiger partial charge in [0.2, 0.25) is 11.8 Å². The number of ketones is 1. The minimum Gasteiger partial charge on any atom is -0.340 e. The zero-order valence-electron chi connectivity index (χ0n) is 14.5. The summed E-state index contributed by atoms with van der Waals surface area (Å²) in [6.07, 6.45) is 6.65. The van der Waals surface area contributed by atoms with Crippen molar-refractivity contribution in [3.8, 4) is 0 Å². The molecule has 0 bridgehead atoms. The maximum Gasteiger partial charge on any atom is 0.242 e. The van der Waals surface area contributed by atoms with E-state index in [-0.39, 0.29) is 30.1 Å². The summed E-state index contributed by atoms with van der Waals surface area (Å²) >= 11 is 0. The summed E-state index contributed by atoms with van der Waals surface area (Å²) in [6, 6.07) is 5.31. The number of hydrogen-bond acceptors (Lipinski definition) is 4. The van der Waals surface area contributed by atoms with Crippen LogP contribution in [0.2, 0.25) is 0 Å². The van der Waals surface area contributed by atoms with Crippen molar-refractivity contribution >= 4 is 17.6 Å². The van der Waals surface area contributed by atoms with E-state index < -0.39 is 0 Å². The fourth-order valence-corrected chi connectivity index (χ4v) is 3.60. The fourth-order valence-electron chi connectivity index (χ4n) is 3.60. The Morgan fingerprint density at radius 3 is 2.80 bits per heavy atom. The summed E-state index contributed by atoms with van der Waals surface area (Å²) in [4.78, 5) is 44.9. The molecule has 134 valence electrons. The van der Waals surface area contributed by atoms with Gasteiger partial charge in [-0.25, -0.2) is 0 Å². The minimum atomic E-state index is -0.201. The molecule has 1 aromatic heterocycles. The molecule has 2 saturated heterocycles. The number of amides is 2. The lowest BCUT2D eigenvalue weighted by atomic mass is 9.92. The third kappa shape index (κ3) is 4.44. The van der Waals surface area contributed by atoms with Gasteiger partial charge < -0.3 is 9.80 Å². The van der Waals surface area contributed by atoms with Gasteiger partial charge in [-0.2, -0.15) is 0 Å². The van der Waals surface area contributed by atoms with Gasteiger partial charge >= 0.3 is 0 Å². The number of nitrogens with zero attached hydrogens (tertiary/aromatic N) is 3. The van der Waals surface area contributed by atoms with Crippen molar-refractivity contribution in [1.82, 2.24) is 14.8 Å². The average Bonchev–Trinajstić information content (AvgIpc) is 2.86. The molecule has 2 amide bonds. The molecule has 0 aliphatic carbocycles. The lowest BCUT2D eigenvalue weighted by Gasteiger charge is -2.33. The van der Waals surface area contributed by atoms with E-state index >= 15 is 0 Å². The molecule has 2 aliphatic rings. The monoisotopic (exact) mass is 343 g/mol. The van der Waals surface area contributed by atoms with Gasteiger partial charge in [-0.15, -0.1) is 0 Å². The second-order valence-corrected chi connectivity index (χ2v) is 6.88. The van der Waals surface area contributed by atoms with Crippen LogP contribution in [0.4, 0.5) is 0 Å². The van der Waals surface area contributed by atoms with Crippen molar-refractivity contribution in [3.05, 3.63) is 30.1 Å². The first kappa shape index (κ1) is 17.6. The standard InChI is InChI=1S/C19H25N3O3/c23-17-9-2-1-5-11-22(17)14-18(24)21-12-6-7-15(13-21)19(25)16-8-3-4-10-20-16/h3-4,8,10,15H,1-2,5-7,9,11-14H2. The van der Waals surface area contributed by atoms with E-state index in [1.807, 2.05) is 0 Å². The van der Waals surface area contributed by atoms with Crippen LogP contribution in [-0.2, 0) is 9.59 Å². The Bertz CT molecular complexity index is 632. The molecular weight excluding hydrogens is 318 g/mol. The van der Waals surface area contributed by atoms with Gasteiger partial charge in [0.25, 0.3) is 0 Å². The zero-order valence-corrected chi connectivity index (χ0v) is 14.5. The van der Waals surface area contributed by atoms with Gasteiger partial charge in [-0.05, 0) is 37.8 Å². The highest BCUT2D eigenvalue weighted by atomic mass is 16.2. The fraction of sp³-hybridized carbons (Fsp3) is 0.579. The maximum atomic E-state index is 12.6. The van der Waals surface area contributed by atoms with E-state index in [2.05, 4.69) is 4.98 Å². The molecule has 6 nitrogen and oxygen atoms in total. The summed E-state index contributed by atoms with van der Waals surface area (Å²) in [5.74, 6) is -0.172. The van der Waals surface area contributed by atoms with E-state index in [0.717, 1.165) is 32.1 Å². The molecule has 3 rings (SSSR count). The number of carbonyl (C=O) groups excluding carboxylic acids is 3. The normalized spacial score (nSPS) is 21.8. The van der Waals surface area contributed by atoms with Crippen LogP contribution in [0.1, 0.15) is 49.0 Å². The van der Waals surface area contributed by atoms with Crippen molar-refractivity contribution in [2.45, 2.75) is 38.5 Å². The molecule has 6 heteroatoms. The first-order valence-electron chi connectivity index (χ1n) is 9.16. The first-order valence-corrected chi connectivity index (χ1v) is 9.16. The first-order chi connectivity index (χ1) is 12.1. The van der Waals surface area contributed by atoms with Gasteiger partial charge in [-0.1, -0.05) is 12.5 Å². The SMILES string of the molecule is O=C(c1ccccn1)C1CCCN(C(=O)CN2CCCCCC2=O)C1. The number of hydrogen-bond donors (Lipinski definition) is 0. The van der Waals surface area contributed by atoms with Crippen molar-refractivity contribution in [2.24, 2.45) is 5.92 Å². The number of likely N-dealkylation sites (tertiary alicyclic amines) is 2. The topological polar surface area (TPSA) is 70.6 Å². The third-order valence-corrected chi connectivity index (χ3v) is 5.06. The second kappa shape index (κ2) is 8.23. The highest BCUT2D eigenvalue weighted by molar-refractivity contribution is 5.96. The predicted octanol–water partition coefficient (Wildman–Crippen LogP) is 1.91. The molecule has 2 fully saturated rings. The second-order valence-electron chi connectivity index (χ2n) is 6.88. The van der Waals surface area contributed by atoms with Gasteiger partial charge in [-0.3, -0.25) is 19.4 Å². The Morgan fingerprint density at radius 2 is 2.00 bits per heavy atom. The molecule has 0 radical (unpaired) electrons. The molecule has 2 aliphatic heterocycles. The van der Waals surface area contributed by atoms with Crippen molar-refractivity contribution in [1.29, 1.82) is 0 Å². The van der Waals surface area contributed by atoms with E-state index in [1.165, 1.54) is 0 Å². The van der Waals surface area contributed by atoms with Gasteiger partial charge in [0, 0.05) is 38.2 Å². The predicted molar refractivity (Wildman–Crippen MR) is 92.9 cm³/mol. The van der Waals surface area contributed by atoms with Crippen LogP contribution in [0.15, 0.2) is 24.4 Å². The molecule has 1 atom stereocenters. The van der Waals surface area contributed by atoms with Gasteiger partial charge in [0.05, 0.1) is 6.54 Å². The number of pyridine rings is 1. The lowest BCUT2D eigenvalue weighted by Crippen LogP contribution is -2.47. The summed E-state index contributed by atoms with van der Waals surface area (Å²) in [5, 5.41) is 0. The Morgan fingerprint density at radius 1 is 1.12 bits per heavy atom. The van der Waals surface area contributed by atoms with Crippen LogP contribution < -0.4 is 0 Å². The van der Waals surface area contributed by atoms with Crippen LogP contribution in [0.25, 0.3) is 0 Å². The molecule has 25 heavy (non-hydrogen) atoms. The Kier molecular flexibility index (Phi) is 5.79. The van der Waals surface area contributed by atoms with Crippen LogP contribution in [0, 0.1) is 5.92 Å². The average molecular weight is 343 g/mol. The highest BCUT2D eigenvalue weighted by Gasteiger charge is 2.30. The van der Waals surface area contributed by atoms with E-state index in [9.17, 15) is 14.4 Å². The molecule has 1 unspecified atom stereocenters. The summed E-state index contributed by atoms with van der Waals surface area (Å²) in [7, 11) is 0. The smallest absolute Gasteiger partial charge is 0.242 e. The van der Waals surface area contributed by atoms with Gasteiger partial charge in [0.1, 0.15) is 5.69 Å². The van der Waals surface area contributed by atoms with Crippen LogP contribution >= 0.6 is 0 Å². The van der Waals surface area contributed by atoms with E-state index in [1.54, 1.807) is 34.2 Å². The molecule has 0 spiro atoms. The number of piperidine rings is 1. The molecule has 0 aromatic carbocycles. The molecule has 1 aromatic rings. The summed E-state index contributed by atoms with van der Waals surface area (Å²) < 4.78 is 0. The van der Waals surface area contributed by atoms with Crippen LogP contribution in [-0.4, -0.2) is 58.6 Å². The van der Waals surface area contributed by atoms with E-state index in [0.29, 0.717) is 31.7 Å². The Labute approximate surface area is 148 Å². The van der Waals surface area contributed by atoms with Gasteiger partial charge in [0.15, 0.2) is 5.78 Å². The number of rotatable bonds is 4. The van der Waals surface area contributed by atoms with Crippen molar-refractivity contribution in [2.75, 3.05) is 26.2 Å². The number of carbonyl (C=O) groups is 3. The Hall–Kier alpha value is -2.24. The van der Waals surface area contributed by atoms with Crippen molar-refractivity contribution in [3.63, 3.8) is 0 Å². The largest absolute Gasteiger partial charge is 0.340 e. The molecule has 0 N–H and O–H groups in total. The van der Waals surface area contributed by atoms with Crippen LogP contribution in [0.5, 0.6) is 0 Å². The van der Waals surface area contributed by atoms with E-state index in [4.69, 9.17) is 0 Å². The van der Waals surface area contributed by atoms with Crippen LogP contribution in [0.3, 0.4) is 0 Å². The highest BCUT2D eigenvalue weighted by Crippen LogP contribution is 2.21. The van der Waals surface area contributed by atoms with Crippen molar-refractivity contribution < 1.29 is 14.4 Å². The number of Topliss-reactive ketones (excluding diaryl/α,β-unsaturated/α-hetero) is 1. The quantitative estimate of drug-likeness (QED) is 0.783. The number of aromatic nitrogens is 1. The maximum absolute atomic E-state index is 12.6. The lowest BCUT2D eigenvalue weighted by molar-refractivity contribution is -0.141. The molecular formula is C19H25N3O3. The molecule has 0 saturated carbocycles. The summed E-state index contributed by atoms with van der Waals surface area (Å²) in [6.45, 7) is 1.89. The minimum absolute atomic E-state index is 0.00366. The Balaban J connectivity index is 1.59. The summed E-state index contributed by atoms with van der Waals surface area (Å²) in [5.41, 5.74) is 0.462. The zero-order chi connectivity index (χ0) is 17.6.